The molecule has 2 aromatic rings. The number of hydrogen-bond acceptors (Lipinski definition) is 2. The van der Waals surface area contributed by atoms with Crippen molar-refractivity contribution in [3.63, 3.8) is 0 Å². The van der Waals surface area contributed by atoms with Gasteiger partial charge >= 0.3 is 11.4 Å². The molecule has 3 aliphatic rings. The molecule has 0 bridgehead atoms. The molecule has 0 radical (unpaired) electrons. The van der Waals surface area contributed by atoms with Crippen LogP contribution in [0.5, 0.6) is 0 Å². The van der Waals surface area contributed by atoms with Crippen LogP contribution in [0.1, 0.15) is 64.9 Å². The fourth-order valence-corrected chi connectivity index (χ4v) is 4.28. The second-order valence-corrected chi connectivity index (χ2v) is 16.2. The third kappa shape index (κ3) is 12.1. The Labute approximate surface area is 247 Å². The average Bonchev–Trinajstić information content (AvgIpc) is 3.53. The standard InChI is InChI=1S/C13H14O.C9H10.C4H5ClO.CH2Cl2.Al.3ClH/c1-8-5-11-6-9-3-2-4-10(9)7-12(11)13(8)14;1-2-5-9-7-3-6-8(9)4-1;1-3(2)4(5)6;2-1-3;;;;/h6-8H,2-5H2,1H3;1-2,4-5H,3,6-7H2;1H2,2H3;1H2;;3*1H/q;;;;+3;;;/p-3. The molecule has 0 saturated carbocycles. The number of carbonyl (C=O) groups is 2. The van der Waals surface area contributed by atoms with Gasteiger partial charge in [0.1, 0.15) is 0 Å². The first-order valence-corrected chi connectivity index (χ1v) is 18.3. The third-order valence-electron chi connectivity index (χ3n) is 5.90. The van der Waals surface area contributed by atoms with Crippen molar-refractivity contribution < 1.29 is 9.59 Å². The van der Waals surface area contributed by atoms with Gasteiger partial charge in [0.05, 0.1) is 5.34 Å². The minimum Gasteiger partial charge on any atom is -0.294 e. The zero-order valence-electron chi connectivity index (χ0n) is 20.6. The molecular formula is C27H31AlCl6O2. The second-order valence-electron chi connectivity index (χ2n) is 8.63. The largest absolute Gasteiger partial charge is 0.643 e. The van der Waals surface area contributed by atoms with E-state index in [2.05, 4.69) is 43.0 Å². The highest BCUT2D eigenvalue weighted by molar-refractivity contribution is 7.54. The summed E-state index contributed by atoms with van der Waals surface area (Å²) in [6, 6.07) is 13.2. The van der Waals surface area contributed by atoms with E-state index in [1.165, 1.54) is 55.2 Å². The van der Waals surface area contributed by atoms with Crippen molar-refractivity contribution in [1.82, 2.24) is 0 Å². The van der Waals surface area contributed by atoms with Gasteiger partial charge in [-0.3, -0.25) is 9.59 Å². The number of rotatable bonds is 1. The van der Waals surface area contributed by atoms with Crippen molar-refractivity contribution in [2.45, 2.75) is 58.8 Å². The van der Waals surface area contributed by atoms with Crippen molar-refractivity contribution in [1.29, 1.82) is 0 Å². The number of ketones is 1. The molecule has 2 nitrogen and oxygen atoms in total. The number of alkyl halides is 2. The van der Waals surface area contributed by atoms with E-state index < -0.39 is 16.6 Å². The Kier molecular flexibility index (Phi) is 17.0. The number of aryl methyl sites for hydroxylation is 4. The van der Waals surface area contributed by atoms with E-state index in [0.717, 1.165) is 12.0 Å². The van der Waals surface area contributed by atoms with Crippen molar-refractivity contribution in [3.05, 3.63) is 81.9 Å². The summed E-state index contributed by atoms with van der Waals surface area (Å²) in [5.41, 5.74) is 8.74. The van der Waals surface area contributed by atoms with Crippen molar-refractivity contribution >= 4 is 87.4 Å². The molecular weight excluding hydrogens is 596 g/mol. The first-order valence-electron chi connectivity index (χ1n) is 11.7. The normalized spacial score (nSPS) is 15.7. The Morgan fingerprint density at radius 1 is 0.917 bits per heavy atom. The van der Waals surface area contributed by atoms with Crippen LogP contribution in [0.3, 0.4) is 0 Å². The molecule has 1 atom stereocenters. The predicted octanol–water partition coefficient (Wildman–Crippen LogP) is 9.16. The van der Waals surface area contributed by atoms with E-state index in [1.54, 1.807) is 18.1 Å². The zero-order chi connectivity index (χ0) is 27.3. The van der Waals surface area contributed by atoms with E-state index in [-0.39, 0.29) is 11.3 Å². The van der Waals surface area contributed by atoms with E-state index in [0.29, 0.717) is 11.4 Å². The number of Topliss-reactive ketones (excluding diaryl/α,β-unsaturated/α-hetero) is 1. The summed E-state index contributed by atoms with van der Waals surface area (Å²) in [7, 11) is 14.8. The van der Waals surface area contributed by atoms with E-state index in [4.69, 9.17) is 65.0 Å². The van der Waals surface area contributed by atoms with Gasteiger partial charge in [0.25, 0.3) is 0 Å². The molecule has 36 heavy (non-hydrogen) atoms. The number of halogens is 6. The third-order valence-corrected chi connectivity index (χ3v) is 6.23. The van der Waals surface area contributed by atoms with Crippen LogP contribution in [0.25, 0.3) is 0 Å². The molecule has 0 spiro atoms. The number of allylic oxidation sites excluding steroid dienone is 1. The predicted molar refractivity (Wildman–Crippen MR) is 160 cm³/mol. The van der Waals surface area contributed by atoms with E-state index in [9.17, 15) is 9.59 Å². The number of fused-ring (bicyclic) bond motifs is 3. The molecule has 3 aliphatic carbocycles. The van der Waals surface area contributed by atoms with Crippen molar-refractivity contribution in [2.24, 2.45) is 5.92 Å². The van der Waals surface area contributed by atoms with Crippen LogP contribution in [-0.2, 0) is 36.9 Å². The summed E-state index contributed by atoms with van der Waals surface area (Å²) in [4.78, 5) is 21.6. The SMILES string of the molecule is C=C(C)C(=O)Cl.CC1Cc2cc3c(cc2C1=O)CCC3.ClCCl.[Cl][Al]([Cl])[Cl].c1ccc2c(c1)CCC2. The van der Waals surface area contributed by atoms with Crippen LogP contribution in [0.2, 0.25) is 0 Å². The molecule has 0 amide bonds. The first kappa shape index (κ1) is 33.8. The van der Waals surface area contributed by atoms with Gasteiger partial charge in [0, 0.05) is 17.1 Å². The van der Waals surface area contributed by atoms with Gasteiger partial charge in [0.2, 0.25) is 5.24 Å². The monoisotopic (exact) mass is 624 g/mol. The van der Waals surface area contributed by atoms with Crippen LogP contribution in [-0.4, -0.2) is 27.7 Å². The topological polar surface area (TPSA) is 34.1 Å². The Balaban J connectivity index is 0.000000255. The van der Waals surface area contributed by atoms with Crippen LogP contribution in [0.15, 0.2) is 48.6 Å². The highest BCUT2D eigenvalue weighted by atomic mass is 35.8. The molecule has 9 heteroatoms. The number of benzene rings is 2. The van der Waals surface area contributed by atoms with Crippen molar-refractivity contribution in [2.75, 3.05) is 5.34 Å². The summed E-state index contributed by atoms with van der Waals surface area (Å²) in [5, 5.41) is -0.269. The molecule has 5 rings (SSSR count). The Hall–Kier alpha value is -0.208. The van der Waals surface area contributed by atoms with Crippen LogP contribution in [0.4, 0.5) is 0 Å². The zero-order valence-corrected chi connectivity index (χ0v) is 26.3. The van der Waals surface area contributed by atoms with Gasteiger partial charge < -0.3 is 0 Å². The molecule has 0 aromatic heterocycles. The second kappa shape index (κ2) is 18.1. The maximum atomic E-state index is 11.8. The summed E-state index contributed by atoms with van der Waals surface area (Å²) in [6.45, 7) is 6.87. The molecule has 2 aromatic carbocycles. The molecule has 0 N–H and O–H groups in total. The van der Waals surface area contributed by atoms with Gasteiger partial charge in [0.15, 0.2) is 5.78 Å². The van der Waals surface area contributed by atoms with Gasteiger partial charge in [-0.1, -0.05) is 43.8 Å². The number of hydrogen-bond donors (Lipinski definition) is 0. The lowest BCUT2D eigenvalue weighted by molar-refractivity contribution is -0.108. The van der Waals surface area contributed by atoms with E-state index in [1.807, 2.05) is 6.92 Å². The van der Waals surface area contributed by atoms with Gasteiger partial charge in [-0.2, -0.15) is 0 Å². The summed E-state index contributed by atoms with van der Waals surface area (Å²) in [5.74, 6) is 0.572. The van der Waals surface area contributed by atoms with Crippen molar-refractivity contribution in [3.8, 4) is 0 Å². The summed E-state index contributed by atoms with van der Waals surface area (Å²) < 4.78 is 0. The Morgan fingerprint density at radius 2 is 1.31 bits per heavy atom. The first-order chi connectivity index (χ1) is 17.0. The Morgan fingerprint density at radius 3 is 1.72 bits per heavy atom. The lowest BCUT2D eigenvalue weighted by atomic mass is 10.0. The minimum absolute atomic E-state index is 0.194. The fraction of sp³-hybridized carbons (Fsp3) is 0.407. The quantitative estimate of drug-likeness (QED) is 0.137. The lowest BCUT2D eigenvalue weighted by Gasteiger charge is -2.02. The minimum atomic E-state index is -1.72. The lowest BCUT2D eigenvalue weighted by Crippen LogP contribution is -2.03. The van der Waals surface area contributed by atoms with E-state index >= 15 is 0 Å². The maximum absolute atomic E-state index is 11.8. The smallest absolute Gasteiger partial charge is 0.294 e. The fourth-order valence-electron chi connectivity index (χ4n) is 4.28. The molecule has 0 aliphatic heterocycles. The van der Waals surface area contributed by atoms with Gasteiger partial charge in [-0.05, 0) is 97.4 Å². The average molecular weight is 627 g/mol. The number of carbonyl (C=O) groups excluding carboxylic acids is 2. The van der Waals surface area contributed by atoms with Crippen LogP contribution >= 0.6 is 65.0 Å². The summed E-state index contributed by atoms with van der Waals surface area (Å²) >= 11 is 12.7. The van der Waals surface area contributed by atoms with Gasteiger partial charge in [-0.15, -0.1) is 23.2 Å². The van der Waals surface area contributed by atoms with Crippen LogP contribution < -0.4 is 0 Å². The van der Waals surface area contributed by atoms with Crippen LogP contribution in [0, 0.1) is 5.92 Å². The molecule has 0 heterocycles. The highest BCUT2D eigenvalue weighted by Crippen LogP contribution is 2.32. The maximum Gasteiger partial charge on any atom is 0.643 e. The molecule has 196 valence electrons. The van der Waals surface area contributed by atoms with Gasteiger partial charge in [-0.25, -0.2) is 30.1 Å². The highest BCUT2D eigenvalue weighted by Gasteiger charge is 2.28. The molecule has 0 saturated heterocycles. The summed E-state index contributed by atoms with van der Waals surface area (Å²) in [6.07, 6.45) is 8.57. The molecule has 1 unspecified atom stereocenters. The Bertz CT molecular complexity index is 988. The molecule has 0 fully saturated rings.